The first-order valence-corrected chi connectivity index (χ1v) is 30.3. The fourth-order valence-corrected chi connectivity index (χ4v) is 9.86. The Kier molecular flexibility index (Phi) is 26.1. The number of rotatable bonds is 16. The number of phenols is 2. The summed E-state index contributed by atoms with van der Waals surface area (Å²) in [7, 11) is -10.4. The Hall–Kier alpha value is -2.18. The van der Waals surface area contributed by atoms with E-state index in [1.807, 2.05) is 72.2 Å². The van der Waals surface area contributed by atoms with Gasteiger partial charge >= 0.3 is 38.7 Å². The summed E-state index contributed by atoms with van der Waals surface area (Å²) < 4.78 is 79.7. The van der Waals surface area contributed by atoms with Gasteiger partial charge in [0.1, 0.15) is 28.7 Å². The molecule has 7 nitrogen and oxygen atoms in total. The molecule has 0 heterocycles. The van der Waals surface area contributed by atoms with E-state index in [4.69, 9.17) is 8.85 Å². The Morgan fingerprint density at radius 3 is 1.50 bits per heavy atom. The maximum absolute atomic E-state index is 13.0. The molecule has 4 atom stereocenters. The molecule has 2 aliphatic carbocycles. The maximum atomic E-state index is 13.0. The molecule has 15 heteroatoms. The van der Waals surface area contributed by atoms with Gasteiger partial charge < -0.3 is 47.2 Å². The molecule has 0 amide bonds. The third kappa shape index (κ3) is 19.6. The van der Waals surface area contributed by atoms with Gasteiger partial charge in [0.2, 0.25) is 16.6 Å². The molecule has 0 saturated carbocycles. The zero-order valence-corrected chi connectivity index (χ0v) is 46.6. The predicted molar refractivity (Wildman–Crippen MR) is 262 cm³/mol. The van der Waals surface area contributed by atoms with Crippen LogP contribution in [0, 0.1) is 18.8 Å². The number of hydrogen-bond donors (Lipinski definition) is 2. The molecule has 0 bridgehead atoms. The van der Waals surface area contributed by atoms with Crippen LogP contribution in [-0.2, 0) is 16.5 Å². The van der Waals surface area contributed by atoms with Crippen LogP contribution >= 0.6 is 0 Å². The molecule has 2 aromatic carbocycles. The molecule has 0 radical (unpaired) electrons. The van der Waals surface area contributed by atoms with Crippen LogP contribution in [-0.4, -0.2) is 63.8 Å². The van der Waals surface area contributed by atoms with Crippen LogP contribution in [0.25, 0.3) is 0 Å². The van der Waals surface area contributed by atoms with Crippen LogP contribution in [0.3, 0.4) is 0 Å². The number of unbranched alkanes of at least 4 members (excludes halogenated alkanes) is 4. The Morgan fingerprint density at radius 1 is 0.766 bits per heavy atom. The predicted octanol–water partition coefficient (Wildman–Crippen LogP) is 11.8. The van der Waals surface area contributed by atoms with Crippen molar-refractivity contribution in [1.82, 2.24) is 0 Å². The van der Waals surface area contributed by atoms with Crippen molar-refractivity contribution in [3.8, 4) is 28.7 Å². The van der Waals surface area contributed by atoms with Crippen molar-refractivity contribution in [3.63, 3.8) is 0 Å². The van der Waals surface area contributed by atoms with Gasteiger partial charge in [0.25, 0.3) is 0 Å². The van der Waals surface area contributed by atoms with E-state index in [1.165, 1.54) is 49.0 Å². The SMILES string of the molecule is C=C(C)[C@H]1CCC(C)=C[C@H]1c1c(O)cc(CCCCC)cc1O.C=C(C)[C@H]1CCC(C)=C[C@H]1c1c(O[Si](C)(C)C)cc(OS(=O)(=O)C(F)(F)F)cc1O[Si](C)(C)C.[Br-].[CH2-]CCCC.[Mg+2]. The van der Waals surface area contributed by atoms with E-state index >= 15 is 0 Å². The zero-order chi connectivity index (χ0) is 47.4. The standard InChI is InChI=1S/C23H35F3O5SSi2.C21H30O2.C5H11.BrH.Mg/c1-15(2)18-11-10-16(3)12-19(18)22-20(30-33(4,5)6)13-17(14-21(22)31-34(7,8)9)29-32(27,28)23(24,25)26;1-5-6-7-8-16-12-19(22)21(20(23)13-16)18-11-15(4)9-10-17(18)14(2)3;1-3-5-4-2;;/h12-14,18-19H,1,10-11H2,2-9H3;11-13,17-18,22-23H,2,5-10H2,1,3-4H3;1,3-5H2,2H3;1H;/q;;-1;;+2/p-1/t18-,19-;17-,18-;;;/m11.../s1. The summed E-state index contributed by atoms with van der Waals surface area (Å²) in [6.45, 7) is 36.1. The summed E-state index contributed by atoms with van der Waals surface area (Å²) in [5, 5.41) is 21.1. The van der Waals surface area contributed by atoms with Crippen molar-refractivity contribution in [2.24, 2.45) is 11.8 Å². The van der Waals surface area contributed by atoms with Gasteiger partial charge in [-0.05, 0) is 135 Å². The van der Waals surface area contributed by atoms with Gasteiger partial charge in [-0.2, -0.15) is 28.0 Å². The molecular weight excluding hydrogens is 950 g/mol. The molecule has 358 valence electrons. The molecule has 0 saturated heterocycles. The van der Waals surface area contributed by atoms with Gasteiger partial charge in [0.15, 0.2) is 0 Å². The smallest absolute Gasteiger partial charge is 1.00 e. The average Bonchev–Trinajstić information content (AvgIpc) is 3.10. The van der Waals surface area contributed by atoms with E-state index in [0.29, 0.717) is 11.1 Å². The van der Waals surface area contributed by atoms with Crippen LogP contribution in [0.4, 0.5) is 13.2 Å². The van der Waals surface area contributed by atoms with Crippen LogP contribution in [0.5, 0.6) is 28.7 Å². The largest absolute Gasteiger partial charge is 2.00 e. The molecule has 0 fully saturated rings. The molecule has 0 spiro atoms. The van der Waals surface area contributed by atoms with Crippen LogP contribution in [0.15, 0.2) is 71.9 Å². The minimum absolute atomic E-state index is 0. The van der Waals surface area contributed by atoms with Crippen LogP contribution in [0.1, 0.15) is 134 Å². The number of aryl methyl sites for hydroxylation is 1. The fourth-order valence-electron chi connectivity index (χ4n) is 7.76. The Morgan fingerprint density at radius 2 is 1.17 bits per heavy atom. The summed E-state index contributed by atoms with van der Waals surface area (Å²) >= 11 is 0. The number of benzene rings is 2. The summed E-state index contributed by atoms with van der Waals surface area (Å²) in [4.78, 5) is 0. The van der Waals surface area contributed by atoms with Crippen LogP contribution < -0.4 is 30.0 Å². The molecule has 0 unspecified atom stereocenters. The summed E-state index contributed by atoms with van der Waals surface area (Å²) in [6, 6.07) is 6.14. The topological polar surface area (TPSA) is 102 Å². The fraction of sp³-hybridized carbons (Fsp3) is 0.571. The Bertz CT molecular complexity index is 1950. The van der Waals surface area contributed by atoms with Gasteiger partial charge in [-0.25, -0.2) is 0 Å². The molecule has 0 aromatic heterocycles. The number of phenolic OH excluding ortho intramolecular Hbond substituents is 2. The number of aromatic hydroxyl groups is 2. The molecule has 2 aliphatic rings. The summed E-state index contributed by atoms with van der Waals surface area (Å²) in [5.41, 5.74) is 1.40. The average molecular weight is 1030 g/mol. The first-order valence-electron chi connectivity index (χ1n) is 22.1. The maximum Gasteiger partial charge on any atom is 2.00 e. The molecule has 0 aliphatic heterocycles. The van der Waals surface area contributed by atoms with Gasteiger partial charge in [-0.1, -0.05) is 87.1 Å². The van der Waals surface area contributed by atoms with Crippen molar-refractivity contribution in [2.45, 2.75) is 169 Å². The first-order chi connectivity index (χ1) is 28.5. The molecular formula is C49H76BrF3MgO7SSi2. The van der Waals surface area contributed by atoms with E-state index in [2.05, 4.69) is 57.2 Å². The van der Waals surface area contributed by atoms with Crippen molar-refractivity contribution in [2.75, 3.05) is 0 Å². The van der Waals surface area contributed by atoms with Crippen molar-refractivity contribution >= 4 is 49.8 Å². The quantitative estimate of drug-likeness (QED) is 0.0431. The van der Waals surface area contributed by atoms with Gasteiger partial charge in [0.05, 0.1) is 0 Å². The van der Waals surface area contributed by atoms with E-state index in [1.54, 1.807) is 0 Å². The number of hydrogen-bond acceptors (Lipinski definition) is 7. The van der Waals surface area contributed by atoms with Gasteiger partial charge in [-0.15, -0.1) is 0 Å². The number of allylic oxidation sites excluding steroid dienone is 6. The normalized spacial score (nSPS) is 18.8. The second-order valence-electron chi connectivity index (χ2n) is 19.0. The van der Waals surface area contributed by atoms with Gasteiger partial charge in [-0.3, -0.25) is 0 Å². The van der Waals surface area contributed by atoms with E-state index in [9.17, 15) is 31.8 Å². The zero-order valence-electron chi connectivity index (χ0n) is 40.7. The van der Waals surface area contributed by atoms with Crippen molar-refractivity contribution < 1.29 is 61.8 Å². The van der Waals surface area contributed by atoms with E-state index < -0.39 is 38.0 Å². The molecule has 64 heavy (non-hydrogen) atoms. The first kappa shape index (κ1) is 61.8. The second-order valence-corrected chi connectivity index (χ2v) is 29.4. The van der Waals surface area contributed by atoms with Crippen molar-refractivity contribution in [3.05, 3.63) is 95.5 Å². The minimum atomic E-state index is -5.86. The van der Waals surface area contributed by atoms with Crippen molar-refractivity contribution in [1.29, 1.82) is 0 Å². The number of halogens is 4. The monoisotopic (exact) mass is 1020 g/mol. The van der Waals surface area contributed by atoms with E-state index in [0.717, 1.165) is 61.7 Å². The Labute approximate surface area is 413 Å². The third-order valence-electron chi connectivity index (χ3n) is 10.7. The van der Waals surface area contributed by atoms with Gasteiger partial charge in [0, 0.05) is 35.1 Å². The molecule has 2 aromatic rings. The molecule has 4 rings (SSSR count). The minimum Gasteiger partial charge on any atom is -1.00 e. The molecule has 2 N–H and O–H groups in total. The Balaban J connectivity index is 0.00000115. The summed E-state index contributed by atoms with van der Waals surface area (Å²) in [6.07, 6.45) is 16.2. The van der Waals surface area contributed by atoms with Crippen LogP contribution in [0.2, 0.25) is 39.3 Å². The van der Waals surface area contributed by atoms with E-state index in [-0.39, 0.29) is 86.7 Å². The summed E-state index contributed by atoms with van der Waals surface area (Å²) in [5.74, 6) is 0.698. The number of alkyl halides is 3. The second kappa shape index (κ2) is 27.0. The third-order valence-corrected chi connectivity index (χ3v) is 13.3.